The fraction of sp³-hybridized carbons (Fsp3) is 0.667. The highest BCUT2D eigenvalue weighted by Gasteiger charge is 2.33. The second-order valence-corrected chi connectivity index (χ2v) is 3.56. The van der Waals surface area contributed by atoms with Crippen molar-refractivity contribution in [2.75, 3.05) is 6.54 Å². The van der Waals surface area contributed by atoms with Gasteiger partial charge in [-0.1, -0.05) is 0 Å². The van der Waals surface area contributed by atoms with Crippen LogP contribution in [-0.2, 0) is 14.4 Å². The second-order valence-electron chi connectivity index (χ2n) is 3.56. The van der Waals surface area contributed by atoms with E-state index >= 15 is 0 Å². The van der Waals surface area contributed by atoms with E-state index in [9.17, 15) is 14.4 Å². The van der Waals surface area contributed by atoms with Crippen molar-refractivity contribution in [3.8, 4) is 0 Å². The Labute approximate surface area is 87.0 Å². The summed E-state index contributed by atoms with van der Waals surface area (Å²) in [7, 11) is 0. The molecule has 6 nitrogen and oxygen atoms in total. The van der Waals surface area contributed by atoms with E-state index in [1.165, 1.54) is 4.90 Å². The highest BCUT2D eigenvalue weighted by Crippen LogP contribution is 2.12. The quantitative estimate of drug-likeness (QED) is 0.347. The number of β-lactam (4-membered cyclic amide) rings is 2. The van der Waals surface area contributed by atoms with Crippen LogP contribution >= 0.6 is 0 Å². The van der Waals surface area contributed by atoms with Crippen LogP contribution in [0, 0.1) is 0 Å². The van der Waals surface area contributed by atoms with E-state index in [4.69, 9.17) is 10.8 Å². The summed E-state index contributed by atoms with van der Waals surface area (Å²) < 4.78 is 0. The van der Waals surface area contributed by atoms with Gasteiger partial charge in [-0.25, -0.2) is 0 Å². The largest absolute Gasteiger partial charge is 0.480 e. The Morgan fingerprint density at radius 3 is 2.47 bits per heavy atom. The lowest BCUT2D eigenvalue weighted by Crippen LogP contribution is -2.49. The normalized spacial score (nSPS) is 17.5. The maximum atomic E-state index is 10.9. The summed E-state index contributed by atoms with van der Waals surface area (Å²) in [5, 5.41) is 8.49. The van der Waals surface area contributed by atoms with Gasteiger partial charge < -0.3 is 10.8 Å². The van der Waals surface area contributed by atoms with Crippen LogP contribution in [0.1, 0.15) is 25.7 Å². The number of aliphatic carboxylic acids is 1. The molecule has 1 rings (SSSR count). The highest BCUT2D eigenvalue weighted by atomic mass is 16.4. The van der Waals surface area contributed by atoms with Crippen LogP contribution in [0.25, 0.3) is 0 Å². The Kier molecular flexibility index (Phi) is 3.79. The Balaban J connectivity index is 2.09. The molecule has 0 aromatic rings. The molecular weight excluding hydrogens is 200 g/mol. The van der Waals surface area contributed by atoms with Crippen LogP contribution in [0.3, 0.4) is 0 Å². The number of nitrogens with two attached hydrogens (primary N) is 1. The molecule has 0 spiro atoms. The summed E-state index contributed by atoms with van der Waals surface area (Å²) in [6.07, 6.45) is 1.59. The number of rotatable bonds is 6. The number of nitrogens with zero attached hydrogens (tertiary/aromatic N) is 1. The topological polar surface area (TPSA) is 101 Å². The molecule has 1 fully saturated rings. The van der Waals surface area contributed by atoms with Gasteiger partial charge in [0.2, 0.25) is 11.8 Å². The van der Waals surface area contributed by atoms with Gasteiger partial charge in [0, 0.05) is 6.54 Å². The Morgan fingerprint density at radius 2 is 2.00 bits per heavy atom. The van der Waals surface area contributed by atoms with Gasteiger partial charge in [-0.2, -0.15) is 0 Å². The minimum Gasteiger partial charge on any atom is -0.480 e. The molecule has 1 aliphatic heterocycles. The van der Waals surface area contributed by atoms with Crippen molar-refractivity contribution >= 4 is 17.8 Å². The maximum absolute atomic E-state index is 10.9. The van der Waals surface area contributed by atoms with E-state index in [2.05, 4.69) is 0 Å². The Hall–Kier alpha value is -1.43. The number of carbonyl (C=O) groups excluding carboxylic acids is 2. The number of hydrogen-bond donors (Lipinski definition) is 2. The molecule has 1 aliphatic rings. The molecule has 84 valence electrons. The number of amides is 2. The van der Waals surface area contributed by atoms with Crippen LogP contribution in [0.2, 0.25) is 0 Å². The van der Waals surface area contributed by atoms with Crippen molar-refractivity contribution in [2.24, 2.45) is 5.73 Å². The number of carbonyl (C=O) groups is 3. The SMILES string of the molecule is NC(CCCCN1C(=O)CC1=O)C(=O)O. The zero-order valence-corrected chi connectivity index (χ0v) is 8.31. The van der Waals surface area contributed by atoms with Crippen LogP contribution in [-0.4, -0.2) is 40.4 Å². The van der Waals surface area contributed by atoms with Crippen molar-refractivity contribution in [1.82, 2.24) is 4.90 Å². The molecule has 0 saturated carbocycles. The molecule has 0 bridgehead atoms. The standard InChI is InChI=1S/C9H14N2O4/c10-6(9(14)15)3-1-2-4-11-7(12)5-8(11)13/h6H,1-5,10H2,(H,14,15). The first-order chi connectivity index (χ1) is 7.02. The van der Waals surface area contributed by atoms with Gasteiger partial charge >= 0.3 is 5.97 Å². The molecule has 1 atom stereocenters. The zero-order valence-electron chi connectivity index (χ0n) is 8.31. The smallest absolute Gasteiger partial charge is 0.320 e. The fourth-order valence-electron chi connectivity index (χ4n) is 1.38. The maximum Gasteiger partial charge on any atom is 0.320 e. The van der Waals surface area contributed by atoms with Gasteiger partial charge in [0.15, 0.2) is 0 Å². The lowest BCUT2D eigenvalue weighted by molar-refractivity contribution is -0.157. The number of imide groups is 1. The first-order valence-corrected chi connectivity index (χ1v) is 4.84. The molecular formula is C9H14N2O4. The minimum atomic E-state index is -1.02. The van der Waals surface area contributed by atoms with Crippen molar-refractivity contribution in [1.29, 1.82) is 0 Å². The lowest BCUT2D eigenvalue weighted by atomic mass is 10.1. The summed E-state index contributed by atoms with van der Waals surface area (Å²) in [5.74, 6) is -1.32. The van der Waals surface area contributed by atoms with Gasteiger partial charge in [-0.15, -0.1) is 0 Å². The Bertz CT molecular complexity index is 276. The Morgan fingerprint density at radius 1 is 1.40 bits per heavy atom. The van der Waals surface area contributed by atoms with Crippen LogP contribution < -0.4 is 5.73 Å². The predicted molar refractivity (Wildman–Crippen MR) is 50.8 cm³/mol. The number of likely N-dealkylation sites (tertiary alicyclic amines) is 1. The molecule has 6 heteroatoms. The highest BCUT2D eigenvalue weighted by molar-refractivity contribution is 6.14. The molecule has 0 radical (unpaired) electrons. The second kappa shape index (κ2) is 4.88. The molecule has 15 heavy (non-hydrogen) atoms. The van der Waals surface area contributed by atoms with Gasteiger partial charge in [0.25, 0.3) is 0 Å². The molecule has 2 amide bonds. The van der Waals surface area contributed by atoms with Gasteiger partial charge in [0.1, 0.15) is 12.5 Å². The van der Waals surface area contributed by atoms with E-state index in [1.54, 1.807) is 0 Å². The average molecular weight is 214 g/mol. The van der Waals surface area contributed by atoms with Crippen LogP contribution in [0.5, 0.6) is 0 Å². The fourth-order valence-corrected chi connectivity index (χ4v) is 1.38. The lowest BCUT2D eigenvalue weighted by Gasteiger charge is -2.28. The van der Waals surface area contributed by atoms with Crippen LogP contribution in [0.15, 0.2) is 0 Å². The third kappa shape index (κ3) is 3.02. The first kappa shape index (κ1) is 11.6. The summed E-state index contributed by atoms with van der Waals surface area (Å²) in [6, 6.07) is -0.854. The van der Waals surface area contributed by atoms with E-state index < -0.39 is 12.0 Å². The van der Waals surface area contributed by atoms with Gasteiger partial charge in [0.05, 0.1) is 0 Å². The molecule has 1 heterocycles. The van der Waals surface area contributed by atoms with E-state index in [-0.39, 0.29) is 18.2 Å². The summed E-state index contributed by atoms with van der Waals surface area (Å²) in [6.45, 7) is 0.379. The van der Waals surface area contributed by atoms with E-state index in [0.29, 0.717) is 25.8 Å². The number of carboxylic acid groups (broad SMARTS) is 1. The minimum absolute atomic E-state index is 0.00857. The summed E-state index contributed by atoms with van der Waals surface area (Å²) >= 11 is 0. The molecule has 0 aromatic carbocycles. The molecule has 1 saturated heterocycles. The van der Waals surface area contributed by atoms with E-state index in [1.807, 2.05) is 0 Å². The average Bonchev–Trinajstić information content (AvgIpc) is 2.16. The molecule has 0 aromatic heterocycles. The number of unbranched alkanes of at least 4 members (excludes halogenated alkanes) is 1. The third-order valence-corrected chi connectivity index (χ3v) is 2.37. The number of carboxylic acids is 1. The van der Waals surface area contributed by atoms with Crippen molar-refractivity contribution in [2.45, 2.75) is 31.7 Å². The zero-order chi connectivity index (χ0) is 11.4. The first-order valence-electron chi connectivity index (χ1n) is 4.84. The van der Waals surface area contributed by atoms with Gasteiger partial charge in [-0.05, 0) is 19.3 Å². The molecule has 3 N–H and O–H groups in total. The van der Waals surface area contributed by atoms with Crippen LogP contribution in [0.4, 0.5) is 0 Å². The third-order valence-electron chi connectivity index (χ3n) is 2.37. The predicted octanol–water partition coefficient (Wildman–Crippen LogP) is -0.672. The molecule has 1 unspecified atom stereocenters. The molecule has 0 aliphatic carbocycles. The van der Waals surface area contributed by atoms with Crippen molar-refractivity contribution in [3.05, 3.63) is 0 Å². The van der Waals surface area contributed by atoms with Crippen molar-refractivity contribution in [3.63, 3.8) is 0 Å². The van der Waals surface area contributed by atoms with E-state index in [0.717, 1.165) is 0 Å². The van der Waals surface area contributed by atoms with Gasteiger partial charge in [-0.3, -0.25) is 19.3 Å². The summed E-state index contributed by atoms with van der Waals surface area (Å²) in [5.41, 5.74) is 5.29. The summed E-state index contributed by atoms with van der Waals surface area (Å²) in [4.78, 5) is 33.3. The monoisotopic (exact) mass is 214 g/mol. The number of hydrogen-bond acceptors (Lipinski definition) is 4. The van der Waals surface area contributed by atoms with Crippen molar-refractivity contribution < 1.29 is 19.5 Å².